The monoisotopic (exact) mass is 403 g/mol. The van der Waals surface area contributed by atoms with Gasteiger partial charge in [0, 0.05) is 0 Å². The van der Waals surface area contributed by atoms with Crippen molar-refractivity contribution in [1.29, 1.82) is 0 Å². The van der Waals surface area contributed by atoms with Crippen molar-refractivity contribution < 1.29 is 14.5 Å². The van der Waals surface area contributed by atoms with Gasteiger partial charge in [-0.15, -0.1) is 0 Å². The van der Waals surface area contributed by atoms with Gasteiger partial charge < -0.3 is 10.8 Å². The molecule has 104 valence electrons. The molecule has 0 aliphatic heterocycles. The third kappa shape index (κ3) is 3.14. The molecule has 10 heteroatoms. The molecule has 2 rings (SSSR count). The van der Waals surface area contributed by atoms with Gasteiger partial charge in [0.05, 0.1) is 15.2 Å². The van der Waals surface area contributed by atoms with Crippen LogP contribution in [0.15, 0.2) is 30.8 Å². The highest BCUT2D eigenvalue weighted by atomic mass is 79.9. The summed E-state index contributed by atoms with van der Waals surface area (Å²) in [6.07, 6.45) is 1.39. The highest BCUT2D eigenvalue weighted by Crippen LogP contribution is 2.32. The van der Waals surface area contributed by atoms with Gasteiger partial charge in [-0.3, -0.25) is 4.79 Å². The second-order valence-electron chi connectivity index (χ2n) is 3.53. The maximum absolute atomic E-state index is 11.6. The number of hydrogen-bond acceptors (Lipinski definition) is 7. The molecule has 2 aromatic rings. The van der Waals surface area contributed by atoms with Crippen molar-refractivity contribution in [3.05, 3.63) is 32.3 Å². The second-order valence-corrected chi connectivity index (χ2v) is 5.24. The van der Waals surface area contributed by atoms with Gasteiger partial charge in [0.25, 0.3) is 5.91 Å². The summed E-state index contributed by atoms with van der Waals surface area (Å²) in [4.78, 5) is 11.6. The molecule has 1 aromatic heterocycles. The largest absolute Gasteiger partial charge is 0.506 e. The Morgan fingerprint density at radius 1 is 1.40 bits per heavy atom. The van der Waals surface area contributed by atoms with Gasteiger partial charge in [-0.05, 0) is 59.9 Å². The van der Waals surface area contributed by atoms with Crippen LogP contribution in [-0.2, 0) is 0 Å². The van der Waals surface area contributed by atoms with Gasteiger partial charge in [-0.25, -0.2) is 10.1 Å². The number of nitrogen functional groups attached to an aromatic ring is 1. The lowest BCUT2D eigenvalue weighted by atomic mass is 10.2. The summed E-state index contributed by atoms with van der Waals surface area (Å²) >= 11 is 6.37. The maximum atomic E-state index is 11.6. The zero-order valence-corrected chi connectivity index (χ0v) is 12.8. The number of nitrogens with two attached hydrogens (primary N) is 1. The van der Waals surface area contributed by atoms with Crippen LogP contribution in [0.5, 0.6) is 5.75 Å². The molecule has 0 bridgehead atoms. The first-order chi connectivity index (χ1) is 9.49. The molecule has 0 aliphatic carbocycles. The fraction of sp³-hybridized carbons (Fsp3) is 0. The Bertz CT molecular complexity index is 662. The zero-order valence-electron chi connectivity index (χ0n) is 9.67. The number of phenolic OH excluding ortho intramolecular Hbond substituents is 1. The molecule has 0 spiro atoms. The van der Waals surface area contributed by atoms with Crippen LogP contribution in [0.25, 0.3) is 0 Å². The number of hydrogen-bond donors (Lipinski definition) is 3. The number of carbonyl (C=O) groups is 1. The van der Waals surface area contributed by atoms with Crippen molar-refractivity contribution in [2.24, 2.45) is 5.10 Å². The number of aromatic hydroxyl groups is 1. The summed E-state index contributed by atoms with van der Waals surface area (Å²) in [5, 5.41) is 19.9. The highest BCUT2D eigenvalue weighted by Gasteiger charge is 2.14. The molecule has 0 saturated carbocycles. The van der Waals surface area contributed by atoms with E-state index < -0.39 is 5.91 Å². The van der Waals surface area contributed by atoms with Gasteiger partial charge in [0.2, 0.25) is 11.5 Å². The third-order valence-corrected chi connectivity index (χ3v) is 3.36. The summed E-state index contributed by atoms with van der Waals surface area (Å²) in [6, 6.07) is 3.25. The summed E-state index contributed by atoms with van der Waals surface area (Å²) in [7, 11) is 0. The molecule has 0 aliphatic rings. The van der Waals surface area contributed by atoms with Crippen LogP contribution in [0.3, 0.4) is 0 Å². The van der Waals surface area contributed by atoms with Crippen LogP contribution in [0.2, 0.25) is 0 Å². The second kappa shape index (κ2) is 6.01. The molecular formula is C10H7Br2N5O3. The molecular weight excluding hydrogens is 398 g/mol. The van der Waals surface area contributed by atoms with Crippen LogP contribution in [-0.4, -0.2) is 27.5 Å². The number of anilines is 1. The summed E-state index contributed by atoms with van der Waals surface area (Å²) in [5.41, 5.74) is 8.09. The van der Waals surface area contributed by atoms with E-state index in [2.05, 4.69) is 57.3 Å². The Hall–Kier alpha value is -1.94. The number of halogens is 2. The van der Waals surface area contributed by atoms with E-state index in [1.54, 1.807) is 12.1 Å². The first-order valence-corrected chi connectivity index (χ1v) is 6.67. The van der Waals surface area contributed by atoms with Crippen LogP contribution in [0, 0.1) is 0 Å². The Balaban J connectivity index is 2.08. The Kier molecular flexibility index (Phi) is 4.35. The average molecular weight is 405 g/mol. The standard InChI is InChI=1S/C10H7Br2N5O3/c11-5-1-4(2-6(12)8(5)18)3-14-15-10(19)7-9(13)17-20-16-7/h1-3,18H,(H2,13,17)(H,15,19)/b14-3+. The highest BCUT2D eigenvalue weighted by molar-refractivity contribution is 9.11. The molecule has 8 nitrogen and oxygen atoms in total. The Morgan fingerprint density at radius 3 is 2.60 bits per heavy atom. The predicted octanol–water partition coefficient (Wildman–Crippen LogP) is 1.65. The summed E-state index contributed by atoms with van der Waals surface area (Å²) in [6.45, 7) is 0. The molecule has 0 atom stereocenters. The number of carbonyl (C=O) groups excluding carboxylic acids is 1. The van der Waals surface area contributed by atoms with Gasteiger partial charge in [0.15, 0.2) is 0 Å². The molecule has 4 N–H and O–H groups in total. The number of amides is 1. The molecule has 20 heavy (non-hydrogen) atoms. The van der Waals surface area contributed by atoms with Gasteiger partial charge >= 0.3 is 0 Å². The van der Waals surface area contributed by atoms with Gasteiger partial charge in [-0.1, -0.05) is 0 Å². The quantitative estimate of drug-likeness (QED) is 0.527. The van der Waals surface area contributed by atoms with Crippen molar-refractivity contribution in [2.45, 2.75) is 0 Å². The van der Waals surface area contributed by atoms with E-state index >= 15 is 0 Å². The normalized spacial score (nSPS) is 10.9. The number of nitrogens with one attached hydrogen (secondary N) is 1. The SMILES string of the molecule is Nc1nonc1C(=O)N/N=C/c1cc(Br)c(O)c(Br)c1. The first kappa shape index (κ1) is 14.5. The van der Waals surface area contributed by atoms with Crippen LogP contribution in [0.4, 0.5) is 5.82 Å². The molecule has 0 radical (unpaired) electrons. The minimum Gasteiger partial charge on any atom is -0.506 e. The summed E-state index contributed by atoms with van der Waals surface area (Å²) < 4.78 is 5.28. The number of nitrogens with zero attached hydrogens (tertiary/aromatic N) is 3. The average Bonchev–Trinajstić information content (AvgIpc) is 2.82. The smallest absolute Gasteiger partial charge is 0.297 e. The topological polar surface area (TPSA) is 127 Å². The van der Waals surface area contributed by atoms with Crippen molar-refractivity contribution in [2.75, 3.05) is 5.73 Å². The molecule has 1 amide bonds. The Morgan fingerprint density at radius 2 is 2.05 bits per heavy atom. The molecule has 1 aromatic carbocycles. The van der Waals surface area contributed by atoms with E-state index in [-0.39, 0.29) is 17.3 Å². The van der Waals surface area contributed by atoms with E-state index in [0.29, 0.717) is 14.5 Å². The fourth-order valence-corrected chi connectivity index (χ4v) is 2.45. The van der Waals surface area contributed by atoms with Gasteiger partial charge in [-0.2, -0.15) is 5.10 Å². The fourth-order valence-electron chi connectivity index (χ4n) is 1.23. The number of benzene rings is 1. The first-order valence-electron chi connectivity index (χ1n) is 5.08. The molecule has 0 saturated heterocycles. The number of hydrazone groups is 1. The third-order valence-electron chi connectivity index (χ3n) is 2.15. The van der Waals surface area contributed by atoms with Crippen LogP contribution < -0.4 is 11.2 Å². The maximum Gasteiger partial charge on any atom is 0.297 e. The van der Waals surface area contributed by atoms with E-state index in [1.165, 1.54) is 6.21 Å². The Labute approximate surface area is 129 Å². The molecule has 0 fully saturated rings. The van der Waals surface area contributed by atoms with Crippen molar-refractivity contribution in [3.8, 4) is 5.75 Å². The van der Waals surface area contributed by atoms with Crippen molar-refractivity contribution in [1.82, 2.24) is 15.7 Å². The lowest BCUT2D eigenvalue weighted by Crippen LogP contribution is -2.19. The lowest BCUT2D eigenvalue weighted by molar-refractivity contribution is 0.0946. The minimum atomic E-state index is -0.642. The van der Waals surface area contributed by atoms with Crippen LogP contribution in [0.1, 0.15) is 16.1 Å². The van der Waals surface area contributed by atoms with E-state index in [0.717, 1.165) is 0 Å². The number of rotatable bonds is 3. The summed E-state index contributed by atoms with van der Waals surface area (Å²) in [5.74, 6) is -0.683. The number of phenols is 1. The molecule has 1 heterocycles. The van der Waals surface area contributed by atoms with Crippen molar-refractivity contribution >= 4 is 49.8 Å². The van der Waals surface area contributed by atoms with Crippen LogP contribution >= 0.6 is 31.9 Å². The number of aromatic nitrogens is 2. The lowest BCUT2D eigenvalue weighted by Gasteiger charge is -2.01. The van der Waals surface area contributed by atoms with E-state index in [9.17, 15) is 9.90 Å². The zero-order chi connectivity index (χ0) is 14.7. The van der Waals surface area contributed by atoms with Gasteiger partial charge in [0.1, 0.15) is 5.75 Å². The van der Waals surface area contributed by atoms with E-state index in [4.69, 9.17) is 5.73 Å². The molecule has 0 unspecified atom stereocenters. The van der Waals surface area contributed by atoms with Crippen molar-refractivity contribution in [3.63, 3.8) is 0 Å². The minimum absolute atomic E-state index is 0.0765. The predicted molar refractivity (Wildman–Crippen MR) is 77.3 cm³/mol. The van der Waals surface area contributed by atoms with E-state index in [1.807, 2.05) is 0 Å².